The normalized spacial score (nSPS) is 22.5. The maximum absolute atomic E-state index is 2.41. The number of fused-ring (bicyclic) bond motifs is 2. The van der Waals surface area contributed by atoms with Crippen molar-refractivity contribution < 1.29 is 23.9 Å². The van der Waals surface area contributed by atoms with Gasteiger partial charge in [0.1, 0.15) is 0 Å². The first-order valence-corrected chi connectivity index (χ1v) is 15.4. The fraction of sp³-hybridized carbons (Fsp3) is 0.273. The number of hydrogen-bond donors (Lipinski definition) is 0. The molecule has 0 heterocycles. The summed E-state index contributed by atoms with van der Waals surface area (Å²) < 4.78 is 0. The summed E-state index contributed by atoms with van der Waals surface area (Å²) in [5, 5.41) is 0. The van der Waals surface area contributed by atoms with Gasteiger partial charge in [0.15, 0.2) is 0 Å². The van der Waals surface area contributed by atoms with Crippen LogP contribution in [0.4, 0.5) is 0 Å². The van der Waals surface area contributed by atoms with Gasteiger partial charge in [-0.2, -0.15) is 0 Å². The topological polar surface area (TPSA) is 0 Å². The Morgan fingerprint density at radius 3 is 1.62 bits per heavy atom. The maximum atomic E-state index is 2.41. The molecule has 2 unspecified atom stereocenters. The zero-order valence-electron chi connectivity index (χ0n) is 14.4. The fourth-order valence-corrected chi connectivity index (χ4v) is 10.5. The molecular formula is C22H23SiZr. The van der Waals surface area contributed by atoms with Gasteiger partial charge in [-0.1, -0.05) is 0 Å². The summed E-state index contributed by atoms with van der Waals surface area (Å²) in [5.41, 5.74) is 9.23. The molecule has 0 saturated carbocycles. The van der Waals surface area contributed by atoms with E-state index in [-0.39, 0.29) is 0 Å². The molecule has 0 aliphatic heterocycles. The van der Waals surface area contributed by atoms with Crippen LogP contribution in [-0.2, 0) is 23.9 Å². The van der Waals surface area contributed by atoms with Crippen LogP contribution >= 0.6 is 0 Å². The molecule has 4 rings (SSSR count). The Hall–Kier alpha value is -0.980. The number of rotatable bonds is 4. The van der Waals surface area contributed by atoms with Crippen LogP contribution in [0.3, 0.4) is 0 Å². The van der Waals surface area contributed by atoms with E-state index in [0.29, 0.717) is 11.8 Å². The van der Waals surface area contributed by atoms with Crippen LogP contribution < -0.4 is 0 Å². The van der Waals surface area contributed by atoms with Crippen molar-refractivity contribution in [3.8, 4) is 0 Å². The Morgan fingerprint density at radius 2 is 1.17 bits per heavy atom. The molecule has 0 spiro atoms. The van der Waals surface area contributed by atoms with Crippen LogP contribution in [0.2, 0.25) is 12.1 Å². The Balaban J connectivity index is 1.50. The van der Waals surface area contributed by atoms with Crippen LogP contribution in [0.1, 0.15) is 47.9 Å². The Labute approximate surface area is 161 Å². The third-order valence-electron chi connectivity index (χ3n) is 5.65. The van der Waals surface area contributed by atoms with Gasteiger partial charge in [0.2, 0.25) is 0 Å². The Kier molecular flexibility index (Phi) is 4.62. The first-order valence-electron chi connectivity index (χ1n) is 8.89. The molecule has 2 atom stereocenters. The van der Waals surface area contributed by atoms with Crippen LogP contribution in [-0.4, -0.2) is 5.92 Å². The van der Waals surface area contributed by atoms with Gasteiger partial charge in [-0.25, -0.2) is 0 Å². The fourth-order valence-electron chi connectivity index (χ4n) is 4.39. The van der Waals surface area contributed by atoms with Gasteiger partial charge in [0, 0.05) is 0 Å². The number of allylic oxidation sites excluding steroid dienone is 2. The average Bonchev–Trinajstić information content (AvgIpc) is 3.05. The van der Waals surface area contributed by atoms with Crippen LogP contribution in [0.5, 0.6) is 0 Å². The van der Waals surface area contributed by atoms with Crippen molar-refractivity contribution >= 4 is 18.1 Å². The predicted molar refractivity (Wildman–Crippen MR) is 102 cm³/mol. The summed E-state index contributed by atoms with van der Waals surface area (Å²) >= 11 is 1.82. The SMILES string of the molecule is CC1=Cc2ccccc2C1C[SiH]([Zr])CC1C(C)=Cc2ccccc21. The van der Waals surface area contributed by atoms with E-state index in [9.17, 15) is 0 Å². The molecule has 0 amide bonds. The van der Waals surface area contributed by atoms with Crippen molar-refractivity contribution in [1.29, 1.82) is 0 Å². The molecule has 0 fully saturated rings. The monoisotopic (exact) mass is 405 g/mol. The van der Waals surface area contributed by atoms with Gasteiger partial charge in [-0.05, 0) is 0 Å². The minimum atomic E-state index is -0.695. The van der Waals surface area contributed by atoms with Gasteiger partial charge in [0.25, 0.3) is 0 Å². The molecule has 0 nitrogen and oxygen atoms in total. The molecule has 119 valence electrons. The van der Waals surface area contributed by atoms with Crippen molar-refractivity contribution in [2.75, 3.05) is 0 Å². The van der Waals surface area contributed by atoms with E-state index in [1.807, 2.05) is 23.9 Å². The molecule has 0 saturated heterocycles. The van der Waals surface area contributed by atoms with Gasteiger partial charge in [-0.3, -0.25) is 0 Å². The predicted octanol–water partition coefficient (Wildman–Crippen LogP) is 5.66. The van der Waals surface area contributed by atoms with E-state index >= 15 is 0 Å². The molecule has 0 bridgehead atoms. The summed E-state index contributed by atoms with van der Waals surface area (Å²) in [5.74, 6) is 0.691. The first kappa shape index (κ1) is 16.5. The van der Waals surface area contributed by atoms with Crippen molar-refractivity contribution in [1.82, 2.24) is 0 Å². The molecule has 2 aromatic carbocycles. The quantitative estimate of drug-likeness (QED) is 0.575. The molecule has 2 heteroatoms. The third kappa shape index (κ3) is 3.00. The summed E-state index contributed by atoms with van der Waals surface area (Å²) in [4.78, 5) is 0. The second-order valence-corrected chi connectivity index (χ2v) is 15.7. The van der Waals surface area contributed by atoms with Crippen LogP contribution in [0.15, 0.2) is 59.7 Å². The molecular weight excluding hydrogens is 384 g/mol. The van der Waals surface area contributed by atoms with E-state index in [0.717, 1.165) is 0 Å². The van der Waals surface area contributed by atoms with Crippen molar-refractivity contribution in [2.45, 2.75) is 37.8 Å². The standard InChI is InChI=1S/C22H23Si.Zr/c1-15-11-17-7-3-5-9-19(17)21(15)13-23-14-22-16(2)12-18-8-4-6-10-20(18)22;/h3-12,21-23H,13-14H2,1-2H3;. The summed E-state index contributed by atoms with van der Waals surface area (Å²) in [6.07, 6.45) is 4.82. The van der Waals surface area contributed by atoms with Crippen molar-refractivity contribution in [3.05, 3.63) is 81.9 Å². The Morgan fingerprint density at radius 1 is 0.750 bits per heavy atom. The summed E-state index contributed by atoms with van der Waals surface area (Å²) in [7, 11) is 0. The van der Waals surface area contributed by atoms with Gasteiger partial charge in [-0.15, -0.1) is 0 Å². The first-order chi connectivity index (χ1) is 11.6. The molecule has 2 aliphatic carbocycles. The van der Waals surface area contributed by atoms with E-state index in [2.05, 4.69) is 74.5 Å². The summed E-state index contributed by atoms with van der Waals surface area (Å²) in [6, 6.07) is 20.9. The zero-order chi connectivity index (χ0) is 16.7. The second-order valence-electron chi connectivity index (χ2n) is 7.31. The number of benzene rings is 2. The molecule has 24 heavy (non-hydrogen) atoms. The van der Waals surface area contributed by atoms with Crippen molar-refractivity contribution in [2.24, 2.45) is 0 Å². The van der Waals surface area contributed by atoms with Crippen molar-refractivity contribution in [3.63, 3.8) is 0 Å². The molecule has 0 aromatic heterocycles. The van der Waals surface area contributed by atoms with Gasteiger partial charge < -0.3 is 0 Å². The third-order valence-corrected chi connectivity index (χ3v) is 11.2. The minimum absolute atomic E-state index is 0.693. The van der Waals surface area contributed by atoms with Crippen LogP contribution in [0.25, 0.3) is 12.2 Å². The molecule has 2 aliphatic rings. The van der Waals surface area contributed by atoms with E-state index < -0.39 is 5.92 Å². The van der Waals surface area contributed by atoms with E-state index in [1.165, 1.54) is 23.2 Å². The summed E-state index contributed by atoms with van der Waals surface area (Å²) in [6.45, 7) is 4.66. The molecule has 2 aromatic rings. The molecule has 0 N–H and O–H groups in total. The second kappa shape index (κ2) is 6.73. The van der Waals surface area contributed by atoms with Gasteiger partial charge >= 0.3 is 162 Å². The zero-order valence-corrected chi connectivity index (χ0v) is 18.0. The van der Waals surface area contributed by atoms with Crippen LogP contribution in [0, 0.1) is 0 Å². The molecule has 0 radical (unpaired) electrons. The average molecular weight is 407 g/mol. The Bertz CT molecular complexity index is 764. The van der Waals surface area contributed by atoms with E-state index in [1.54, 1.807) is 22.3 Å². The number of hydrogen-bond acceptors (Lipinski definition) is 0. The van der Waals surface area contributed by atoms with E-state index in [4.69, 9.17) is 0 Å². The van der Waals surface area contributed by atoms with Gasteiger partial charge in [0.05, 0.1) is 0 Å².